The van der Waals surface area contributed by atoms with Crippen LogP contribution in [0.3, 0.4) is 0 Å². The molecule has 2 rings (SSSR count). The average Bonchev–Trinajstić information content (AvgIpc) is 2.62. The van der Waals surface area contributed by atoms with Crippen molar-refractivity contribution in [2.75, 3.05) is 13.2 Å². The van der Waals surface area contributed by atoms with Crippen molar-refractivity contribution >= 4 is 18.1 Å². The van der Waals surface area contributed by atoms with Crippen molar-refractivity contribution in [3.63, 3.8) is 0 Å². The Labute approximate surface area is 151 Å². The van der Waals surface area contributed by atoms with E-state index in [0.717, 1.165) is 11.1 Å². The van der Waals surface area contributed by atoms with Gasteiger partial charge in [0.25, 0.3) is 5.91 Å². The number of rotatable bonds is 8. The van der Waals surface area contributed by atoms with Crippen molar-refractivity contribution in [3.8, 4) is 11.5 Å². The van der Waals surface area contributed by atoms with E-state index in [1.165, 1.54) is 6.21 Å². The third-order valence-corrected chi connectivity index (χ3v) is 3.49. The van der Waals surface area contributed by atoms with Crippen LogP contribution in [0.15, 0.2) is 47.6 Å². The molecule has 0 aliphatic carbocycles. The second kappa shape index (κ2) is 9.22. The molecule has 0 aromatic heterocycles. The molecule has 2 aromatic rings. The van der Waals surface area contributed by atoms with Gasteiger partial charge in [-0.3, -0.25) is 4.79 Å². The fourth-order valence-corrected chi connectivity index (χ4v) is 1.96. The lowest BCUT2D eigenvalue weighted by Gasteiger charge is -2.07. The maximum atomic E-state index is 11.7. The first kappa shape index (κ1) is 19.0. The Morgan fingerprint density at radius 2 is 1.65 bits per heavy atom. The summed E-state index contributed by atoms with van der Waals surface area (Å²) in [6.45, 7) is 3.32. The molecule has 136 valence electrons. The van der Waals surface area contributed by atoms with Gasteiger partial charge in [-0.1, -0.05) is 6.07 Å². The summed E-state index contributed by atoms with van der Waals surface area (Å²) in [5.74, 6) is -0.647. The Bertz CT molecular complexity index is 800. The molecular formula is C19H19N2O5-. The molecule has 26 heavy (non-hydrogen) atoms. The smallest absolute Gasteiger partial charge is 0.277 e. The van der Waals surface area contributed by atoms with Gasteiger partial charge in [-0.25, -0.2) is 5.43 Å². The van der Waals surface area contributed by atoms with Crippen LogP contribution in [-0.2, 0) is 9.59 Å². The molecule has 0 heterocycles. The number of aryl methyl sites for hydroxylation is 2. The Morgan fingerprint density at radius 3 is 2.31 bits per heavy atom. The van der Waals surface area contributed by atoms with E-state index >= 15 is 0 Å². The van der Waals surface area contributed by atoms with Crippen molar-refractivity contribution in [1.29, 1.82) is 0 Å². The van der Waals surface area contributed by atoms with Crippen LogP contribution in [0.4, 0.5) is 0 Å². The van der Waals surface area contributed by atoms with Crippen molar-refractivity contribution in [2.45, 2.75) is 13.8 Å². The highest BCUT2D eigenvalue weighted by Gasteiger charge is 2.02. The van der Waals surface area contributed by atoms with E-state index in [9.17, 15) is 14.7 Å². The fourth-order valence-electron chi connectivity index (χ4n) is 1.96. The van der Waals surface area contributed by atoms with Crippen molar-refractivity contribution < 1.29 is 24.2 Å². The van der Waals surface area contributed by atoms with E-state index in [1.54, 1.807) is 24.3 Å². The number of ether oxygens (including phenoxy) is 2. The van der Waals surface area contributed by atoms with Gasteiger partial charge in [0.15, 0.2) is 6.61 Å². The topological polar surface area (TPSA) is 100 Å². The lowest BCUT2D eigenvalue weighted by atomic mass is 10.1. The van der Waals surface area contributed by atoms with E-state index < -0.39 is 12.6 Å². The van der Waals surface area contributed by atoms with E-state index in [4.69, 9.17) is 9.47 Å². The number of nitrogens with zero attached hydrogens (tertiary/aromatic N) is 1. The van der Waals surface area contributed by atoms with Gasteiger partial charge in [-0.2, -0.15) is 5.10 Å². The molecule has 0 atom stereocenters. The predicted molar refractivity (Wildman–Crippen MR) is 94.1 cm³/mol. The Balaban J connectivity index is 1.77. The van der Waals surface area contributed by atoms with E-state index in [1.807, 2.05) is 32.0 Å². The highest BCUT2D eigenvalue weighted by atomic mass is 16.5. The predicted octanol–water partition coefficient (Wildman–Crippen LogP) is 0.961. The van der Waals surface area contributed by atoms with Crippen LogP contribution in [0.1, 0.15) is 16.7 Å². The highest BCUT2D eigenvalue weighted by molar-refractivity contribution is 5.83. The largest absolute Gasteiger partial charge is 0.546 e. The molecule has 0 saturated carbocycles. The van der Waals surface area contributed by atoms with Crippen LogP contribution in [0.2, 0.25) is 0 Å². The van der Waals surface area contributed by atoms with E-state index in [0.29, 0.717) is 17.1 Å². The molecule has 0 saturated heterocycles. The van der Waals surface area contributed by atoms with Crippen LogP contribution < -0.4 is 20.0 Å². The first-order chi connectivity index (χ1) is 12.4. The number of hydrogen-bond donors (Lipinski definition) is 1. The van der Waals surface area contributed by atoms with Gasteiger partial charge in [0, 0.05) is 0 Å². The number of benzene rings is 2. The van der Waals surface area contributed by atoms with Gasteiger partial charge >= 0.3 is 0 Å². The number of hydrogen-bond acceptors (Lipinski definition) is 6. The summed E-state index contributed by atoms with van der Waals surface area (Å²) in [6.07, 6.45) is 1.45. The van der Waals surface area contributed by atoms with Gasteiger partial charge in [-0.15, -0.1) is 0 Å². The lowest BCUT2D eigenvalue weighted by Crippen LogP contribution is -2.28. The number of carboxylic acids is 1. The summed E-state index contributed by atoms with van der Waals surface area (Å²) < 4.78 is 10.4. The van der Waals surface area contributed by atoms with Crippen LogP contribution in [0, 0.1) is 13.8 Å². The summed E-state index contributed by atoms with van der Waals surface area (Å²) in [4.78, 5) is 22.0. The van der Waals surface area contributed by atoms with E-state index in [2.05, 4.69) is 10.5 Å². The molecule has 1 N–H and O–H groups in total. The lowest BCUT2D eigenvalue weighted by molar-refractivity contribution is -0.307. The second-order valence-corrected chi connectivity index (χ2v) is 5.56. The maximum absolute atomic E-state index is 11.7. The number of nitrogens with one attached hydrogen (secondary N) is 1. The summed E-state index contributed by atoms with van der Waals surface area (Å²) in [7, 11) is 0. The van der Waals surface area contributed by atoms with Gasteiger partial charge in [0.05, 0.1) is 12.2 Å². The third-order valence-electron chi connectivity index (χ3n) is 3.49. The Kier molecular flexibility index (Phi) is 6.73. The number of hydrazone groups is 1. The maximum Gasteiger partial charge on any atom is 0.277 e. The Hall–Kier alpha value is -3.35. The molecule has 7 nitrogen and oxygen atoms in total. The first-order valence-corrected chi connectivity index (χ1v) is 7.88. The number of carbonyl (C=O) groups excluding carboxylic acids is 2. The number of carbonyl (C=O) groups is 2. The second-order valence-electron chi connectivity index (χ2n) is 5.56. The van der Waals surface area contributed by atoms with Gasteiger partial charge in [0.2, 0.25) is 0 Å². The minimum absolute atomic E-state index is 0.143. The van der Waals surface area contributed by atoms with Crippen LogP contribution in [-0.4, -0.2) is 31.3 Å². The quantitative estimate of drug-likeness (QED) is 0.562. The van der Waals surface area contributed by atoms with Crippen LogP contribution >= 0.6 is 0 Å². The molecule has 0 aliphatic heterocycles. The molecule has 2 aromatic carbocycles. The molecule has 1 amide bonds. The summed E-state index contributed by atoms with van der Waals surface area (Å²) in [5.41, 5.74) is 5.33. The monoisotopic (exact) mass is 355 g/mol. The Morgan fingerprint density at radius 1 is 1.00 bits per heavy atom. The zero-order valence-electron chi connectivity index (χ0n) is 14.5. The van der Waals surface area contributed by atoms with Gasteiger partial charge in [0.1, 0.15) is 18.1 Å². The standard InChI is InChI=1S/C19H20N2O5/c1-13-3-6-17(9-14(13)2)25-11-18(22)21-20-10-15-4-7-16(8-5-15)26-12-19(23)24/h3-10H,11-12H2,1-2H3,(H,21,22)(H,23,24)/p-1/b20-10-. The zero-order chi connectivity index (χ0) is 18.9. The minimum Gasteiger partial charge on any atom is -0.546 e. The molecule has 0 aliphatic rings. The molecular weight excluding hydrogens is 336 g/mol. The van der Waals surface area contributed by atoms with Crippen molar-refractivity contribution in [3.05, 3.63) is 59.2 Å². The normalized spacial score (nSPS) is 10.5. The number of carboxylic acid groups (broad SMARTS) is 1. The molecule has 0 spiro atoms. The molecule has 7 heteroatoms. The average molecular weight is 355 g/mol. The third kappa shape index (κ3) is 6.27. The minimum atomic E-state index is -1.29. The van der Waals surface area contributed by atoms with Gasteiger partial charge < -0.3 is 19.4 Å². The van der Waals surface area contributed by atoms with E-state index in [-0.39, 0.29) is 12.5 Å². The molecule has 0 unspecified atom stereocenters. The summed E-state index contributed by atoms with van der Waals surface area (Å²) in [6, 6.07) is 12.1. The van der Waals surface area contributed by atoms with Gasteiger partial charge in [-0.05, 0) is 66.9 Å². The number of aliphatic carboxylic acids is 1. The number of amides is 1. The van der Waals surface area contributed by atoms with Crippen LogP contribution in [0.25, 0.3) is 0 Å². The zero-order valence-corrected chi connectivity index (χ0v) is 14.5. The SMILES string of the molecule is Cc1ccc(OCC(=O)N/N=C\c2ccc(OCC(=O)[O-])cc2)cc1C. The molecule has 0 radical (unpaired) electrons. The van der Waals surface area contributed by atoms with Crippen molar-refractivity contribution in [2.24, 2.45) is 5.10 Å². The summed E-state index contributed by atoms with van der Waals surface area (Å²) in [5, 5.41) is 14.2. The molecule has 0 bridgehead atoms. The summed E-state index contributed by atoms with van der Waals surface area (Å²) >= 11 is 0. The first-order valence-electron chi connectivity index (χ1n) is 7.88. The molecule has 0 fully saturated rings. The fraction of sp³-hybridized carbons (Fsp3) is 0.211. The highest BCUT2D eigenvalue weighted by Crippen LogP contribution is 2.16. The van der Waals surface area contributed by atoms with Crippen LogP contribution in [0.5, 0.6) is 11.5 Å². The van der Waals surface area contributed by atoms with Crippen molar-refractivity contribution in [1.82, 2.24) is 5.43 Å².